The maximum Gasteiger partial charge on any atom is 0.221 e. The number of H-pyrrole nitrogens is 1. The number of nitrogens with zero attached hydrogens (tertiary/aromatic N) is 5. The maximum atomic E-state index is 12.1. The van der Waals surface area contributed by atoms with Crippen LogP contribution in [0.4, 0.5) is 0 Å². The number of benzene rings is 1. The van der Waals surface area contributed by atoms with Gasteiger partial charge in [0.2, 0.25) is 5.91 Å². The molecule has 3 heterocycles. The Morgan fingerprint density at radius 2 is 2.00 bits per heavy atom. The van der Waals surface area contributed by atoms with Crippen molar-refractivity contribution in [1.82, 2.24) is 35.3 Å². The predicted molar refractivity (Wildman–Crippen MR) is 101 cm³/mol. The molecule has 0 aliphatic heterocycles. The first-order chi connectivity index (χ1) is 13.3. The molecule has 27 heavy (non-hydrogen) atoms. The Bertz CT molecular complexity index is 1040. The Morgan fingerprint density at radius 3 is 2.89 bits per heavy atom. The second-order valence-electron chi connectivity index (χ2n) is 6.12. The summed E-state index contributed by atoms with van der Waals surface area (Å²) in [5.41, 5.74) is 1.94. The number of aryl methyl sites for hydroxylation is 1. The van der Waals surface area contributed by atoms with Crippen LogP contribution in [0.15, 0.2) is 55.0 Å². The Hall–Kier alpha value is -3.55. The van der Waals surface area contributed by atoms with Crippen molar-refractivity contribution in [2.45, 2.75) is 19.4 Å². The highest BCUT2D eigenvalue weighted by atomic mass is 16.1. The number of fused-ring (bicyclic) bond motifs is 1. The number of hydrogen-bond donors (Lipinski definition) is 2. The van der Waals surface area contributed by atoms with E-state index in [0.29, 0.717) is 31.8 Å². The highest BCUT2D eigenvalue weighted by Gasteiger charge is 2.08. The van der Waals surface area contributed by atoms with Gasteiger partial charge in [-0.2, -0.15) is 10.2 Å². The van der Waals surface area contributed by atoms with Crippen molar-refractivity contribution in [1.29, 1.82) is 0 Å². The zero-order valence-corrected chi connectivity index (χ0v) is 14.7. The summed E-state index contributed by atoms with van der Waals surface area (Å²) in [6.07, 6.45) is 6.19. The van der Waals surface area contributed by atoms with Gasteiger partial charge in [-0.05, 0) is 18.2 Å². The highest BCUT2D eigenvalue weighted by Crippen LogP contribution is 2.13. The van der Waals surface area contributed by atoms with Gasteiger partial charge in [0.05, 0.1) is 18.3 Å². The van der Waals surface area contributed by atoms with Crippen LogP contribution < -0.4 is 5.32 Å². The largest absolute Gasteiger partial charge is 0.356 e. The molecule has 0 unspecified atom stereocenters. The Kier molecular flexibility index (Phi) is 4.86. The molecule has 4 aromatic rings. The molecule has 8 heteroatoms. The van der Waals surface area contributed by atoms with E-state index >= 15 is 0 Å². The zero-order valence-electron chi connectivity index (χ0n) is 14.7. The summed E-state index contributed by atoms with van der Waals surface area (Å²) in [7, 11) is 0. The lowest BCUT2D eigenvalue weighted by Gasteiger charge is -2.05. The minimum absolute atomic E-state index is 0.0107. The highest BCUT2D eigenvalue weighted by molar-refractivity contribution is 5.79. The van der Waals surface area contributed by atoms with Gasteiger partial charge in [-0.3, -0.25) is 19.6 Å². The van der Waals surface area contributed by atoms with Gasteiger partial charge < -0.3 is 5.32 Å². The molecule has 1 aromatic carbocycles. The third-order valence-electron chi connectivity index (χ3n) is 4.26. The first-order valence-corrected chi connectivity index (χ1v) is 8.78. The number of para-hydroxylation sites is 1. The van der Waals surface area contributed by atoms with Crippen molar-refractivity contribution in [2.24, 2.45) is 0 Å². The number of aromatic nitrogens is 6. The van der Waals surface area contributed by atoms with Crippen molar-refractivity contribution >= 4 is 16.8 Å². The predicted octanol–water partition coefficient (Wildman–Crippen LogP) is 1.97. The second-order valence-corrected chi connectivity index (χ2v) is 6.12. The molecule has 0 atom stereocenters. The number of rotatable bonds is 7. The van der Waals surface area contributed by atoms with E-state index in [1.54, 1.807) is 12.4 Å². The Labute approximate surface area is 155 Å². The van der Waals surface area contributed by atoms with E-state index < -0.39 is 0 Å². The molecule has 1 amide bonds. The fraction of sp³-hybridized carbons (Fsp3) is 0.211. The van der Waals surface area contributed by atoms with Crippen LogP contribution in [0.3, 0.4) is 0 Å². The molecule has 0 fully saturated rings. The smallest absolute Gasteiger partial charge is 0.221 e. The molecule has 4 rings (SSSR count). The lowest BCUT2D eigenvalue weighted by Crippen LogP contribution is -2.27. The lowest BCUT2D eigenvalue weighted by molar-refractivity contribution is -0.121. The molecule has 8 nitrogen and oxygen atoms in total. The van der Waals surface area contributed by atoms with Crippen molar-refractivity contribution in [3.63, 3.8) is 0 Å². The number of hydrogen-bond acceptors (Lipinski definition) is 5. The van der Waals surface area contributed by atoms with E-state index in [1.165, 1.54) is 0 Å². The Balaban J connectivity index is 1.25. The number of amides is 1. The molecule has 0 saturated heterocycles. The van der Waals surface area contributed by atoms with Crippen molar-refractivity contribution < 1.29 is 4.79 Å². The standard InChI is InChI=1S/C19H19N7O/c27-18(8-12-26-16-4-2-1-3-15(16)13-22-26)21-11-7-17-23-19(25-24-17)14-5-9-20-10-6-14/h1-6,9-10,13H,7-8,11-12H2,(H,21,27)(H,23,24,25). The van der Waals surface area contributed by atoms with Crippen LogP contribution in [0, 0.1) is 0 Å². The number of pyridine rings is 1. The summed E-state index contributed by atoms with van der Waals surface area (Å²) in [5.74, 6) is 1.35. The Morgan fingerprint density at radius 1 is 1.15 bits per heavy atom. The number of carbonyl (C=O) groups is 1. The first kappa shape index (κ1) is 16.9. The molecule has 0 saturated carbocycles. The van der Waals surface area contributed by atoms with Gasteiger partial charge in [-0.15, -0.1) is 0 Å². The number of nitrogens with one attached hydrogen (secondary N) is 2. The quantitative estimate of drug-likeness (QED) is 0.524. The fourth-order valence-electron chi connectivity index (χ4n) is 2.86. The van der Waals surface area contributed by atoms with Crippen LogP contribution in [-0.4, -0.2) is 42.4 Å². The average molecular weight is 361 g/mol. The van der Waals surface area contributed by atoms with Crippen LogP contribution in [-0.2, 0) is 17.8 Å². The number of carbonyl (C=O) groups excluding carboxylic acids is 1. The normalized spacial score (nSPS) is 11.0. The van der Waals surface area contributed by atoms with E-state index in [0.717, 1.165) is 22.3 Å². The van der Waals surface area contributed by atoms with Gasteiger partial charge in [0.1, 0.15) is 5.82 Å². The molecule has 0 bridgehead atoms. The van der Waals surface area contributed by atoms with Gasteiger partial charge in [-0.25, -0.2) is 4.98 Å². The summed E-state index contributed by atoms with van der Waals surface area (Å²) in [4.78, 5) is 20.5. The summed E-state index contributed by atoms with van der Waals surface area (Å²) in [6.45, 7) is 1.05. The van der Waals surface area contributed by atoms with Crippen LogP contribution >= 0.6 is 0 Å². The second kappa shape index (κ2) is 7.77. The maximum absolute atomic E-state index is 12.1. The van der Waals surface area contributed by atoms with Crippen LogP contribution in [0.1, 0.15) is 12.2 Å². The van der Waals surface area contributed by atoms with E-state index in [4.69, 9.17) is 0 Å². The summed E-state index contributed by atoms with van der Waals surface area (Å²) in [5, 5.41) is 15.4. The minimum Gasteiger partial charge on any atom is -0.356 e. The zero-order chi connectivity index (χ0) is 18.5. The lowest BCUT2D eigenvalue weighted by atomic mass is 10.2. The molecule has 2 N–H and O–H groups in total. The molecule has 0 radical (unpaired) electrons. The van der Waals surface area contributed by atoms with Crippen molar-refractivity contribution in [2.75, 3.05) is 6.54 Å². The number of aromatic amines is 1. The van der Waals surface area contributed by atoms with Crippen LogP contribution in [0.5, 0.6) is 0 Å². The van der Waals surface area contributed by atoms with Gasteiger partial charge in [0, 0.05) is 42.7 Å². The molecular formula is C19H19N7O. The SMILES string of the molecule is O=C(CCn1ncc2ccccc21)NCCc1nc(-c2ccncc2)n[nH]1. The van der Waals surface area contributed by atoms with Gasteiger partial charge in [-0.1, -0.05) is 18.2 Å². The van der Waals surface area contributed by atoms with Gasteiger partial charge in [0.15, 0.2) is 5.82 Å². The van der Waals surface area contributed by atoms with E-state index in [-0.39, 0.29) is 5.91 Å². The van der Waals surface area contributed by atoms with Crippen molar-refractivity contribution in [3.8, 4) is 11.4 Å². The average Bonchev–Trinajstić information content (AvgIpc) is 3.34. The van der Waals surface area contributed by atoms with Crippen molar-refractivity contribution in [3.05, 3.63) is 60.8 Å². The molecule has 0 spiro atoms. The monoisotopic (exact) mass is 361 g/mol. The topological polar surface area (TPSA) is 101 Å². The molecule has 136 valence electrons. The van der Waals surface area contributed by atoms with Gasteiger partial charge >= 0.3 is 0 Å². The molecular weight excluding hydrogens is 342 g/mol. The molecule has 0 aliphatic carbocycles. The summed E-state index contributed by atoms with van der Waals surface area (Å²) >= 11 is 0. The fourth-order valence-corrected chi connectivity index (χ4v) is 2.86. The third kappa shape index (κ3) is 4.00. The molecule has 0 aliphatic rings. The summed E-state index contributed by atoms with van der Waals surface area (Å²) < 4.78 is 1.85. The van der Waals surface area contributed by atoms with E-state index in [2.05, 4.69) is 30.6 Å². The molecule has 3 aromatic heterocycles. The van der Waals surface area contributed by atoms with Crippen LogP contribution in [0.25, 0.3) is 22.3 Å². The third-order valence-corrected chi connectivity index (χ3v) is 4.26. The van der Waals surface area contributed by atoms with E-state index in [9.17, 15) is 4.79 Å². The van der Waals surface area contributed by atoms with Crippen LogP contribution in [0.2, 0.25) is 0 Å². The minimum atomic E-state index is -0.0107. The van der Waals surface area contributed by atoms with E-state index in [1.807, 2.05) is 47.3 Å². The first-order valence-electron chi connectivity index (χ1n) is 8.78. The summed E-state index contributed by atoms with van der Waals surface area (Å²) in [6, 6.07) is 11.7. The van der Waals surface area contributed by atoms with Gasteiger partial charge in [0.25, 0.3) is 0 Å².